The molecule has 2 heteroatoms. The highest BCUT2D eigenvalue weighted by atomic mass is 32.1. The van der Waals surface area contributed by atoms with Gasteiger partial charge in [0, 0.05) is 29.9 Å². The summed E-state index contributed by atoms with van der Waals surface area (Å²) in [6.45, 7) is 8.75. The first-order chi connectivity index (χ1) is 17.5. The minimum Gasteiger partial charge on any atom is -0.135 e. The molecule has 0 saturated carbocycles. The normalized spacial score (nSPS) is 11.9. The van der Waals surface area contributed by atoms with Gasteiger partial charge in [0.15, 0.2) is 0 Å². The van der Waals surface area contributed by atoms with Gasteiger partial charge in [-0.1, -0.05) is 60.7 Å². The first kappa shape index (κ1) is 21.8. The van der Waals surface area contributed by atoms with Crippen LogP contribution in [0.2, 0.25) is 0 Å². The van der Waals surface area contributed by atoms with Gasteiger partial charge < -0.3 is 0 Å². The third-order valence-electron chi connectivity index (χ3n) is 7.77. The third-order valence-corrected chi connectivity index (χ3v) is 10.1. The van der Waals surface area contributed by atoms with Crippen LogP contribution >= 0.6 is 22.7 Å². The molecule has 7 rings (SSSR count). The van der Waals surface area contributed by atoms with E-state index in [1.165, 1.54) is 84.9 Å². The number of thiophene rings is 2. The quantitative estimate of drug-likeness (QED) is 0.208. The molecule has 0 amide bonds. The maximum Gasteiger partial charge on any atom is 0.0355 e. The molecule has 0 spiro atoms. The highest BCUT2D eigenvalue weighted by Gasteiger charge is 2.13. The summed E-state index contributed by atoms with van der Waals surface area (Å²) in [5.74, 6) is 0. The van der Waals surface area contributed by atoms with E-state index in [9.17, 15) is 0 Å². The summed E-state index contributed by atoms with van der Waals surface area (Å²) in [4.78, 5) is 2.68. The second-order valence-electron chi connectivity index (χ2n) is 10.0. The lowest BCUT2D eigenvalue weighted by atomic mass is 9.97. The average Bonchev–Trinajstić information content (AvgIpc) is 3.52. The molecule has 0 nitrogen and oxygen atoms in total. The fraction of sp³-hybridized carbons (Fsp3) is 0.118. The smallest absolute Gasteiger partial charge is 0.0355 e. The first-order valence-electron chi connectivity index (χ1n) is 12.4. The summed E-state index contributed by atoms with van der Waals surface area (Å²) < 4.78 is 2.70. The third kappa shape index (κ3) is 3.32. The summed E-state index contributed by atoms with van der Waals surface area (Å²) in [7, 11) is 0. The van der Waals surface area contributed by atoms with Gasteiger partial charge in [-0.25, -0.2) is 0 Å². The molecule has 0 radical (unpaired) electrons. The zero-order valence-electron chi connectivity index (χ0n) is 20.9. The average molecular weight is 499 g/mol. The largest absolute Gasteiger partial charge is 0.135 e. The number of hydrogen-bond donors (Lipinski definition) is 0. The second kappa shape index (κ2) is 8.03. The van der Waals surface area contributed by atoms with Crippen LogP contribution in [0.15, 0.2) is 84.9 Å². The summed E-state index contributed by atoms with van der Waals surface area (Å²) >= 11 is 3.78. The van der Waals surface area contributed by atoms with Crippen molar-refractivity contribution in [2.24, 2.45) is 0 Å². The molecule has 5 aromatic carbocycles. The van der Waals surface area contributed by atoms with Crippen LogP contribution in [0.1, 0.15) is 22.3 Å². The van der Waals surface area contributed by atoms with Crippen LogP contribution in [-0.4, -0.2) is 0 Å². The molecule has 2 heterocycles. The van der Waals surface area contributed by atoms with Crippen molar-refractivity contribution in [2.75, 3.05) is 0 Å². The summed E-state index contributed by atoms with van der Waals surface area (Å²) in [5, 5.41) is 8.07. The Bertz CT molecular complexity index is 1840. The Morgan fingerprint density at radius 2 is 0.750 bits per heavy atom. The van der Waals surface area contributed by atoms with Crippen LogP contribution in [0.5, 0.6) is 0 Å². The Morgan fingerprint density at radius 3 is 1.17 bits per heavy atom. The van der Waals surface area contributed by atoms with E-state index in [4.69, 9.17) is 0 Å². The molecule has 36 heavy (non-hydrogen) atoms. The van der Waals surface area contributed by atoms with Crippen molar-refractivity contribution in [2.45, 2.75) is 27.7 Å². The van der Waals surface area contributed by atoms with Crippen LogP contribution < -0.4 is 0 Å². The van der Waals surface area contributed by atoms with Gasteiger partial charge in [0.25, 0.3) is 0 Å². The Balaban J connectivity index is 1.41. The van der Waals surface area contributed by atoms with E-state index < -0.39 is 0 Å². The molecule has 174 valence electrons. The van der Waals surface area contributed by atoms with Crippen molar-refractivity contribution in [3.05, 3.63) is 107 Å². The highest BCUT2D eigenvalue weighted by molar-refractivity contribution is 7.22. The van der Waals surface area contributed by atoms with E-state index in [2.05, 4.69) is 113 Å². The standard InChI is InChI=1S/C34H26S2/c1-19-5-7-23(15-21(19)3)33-17-29-27-9-10-28-26(25(27)11-13-31(29)35-33)12-14-32-30(28)18-34(36-32)24-8-6-20(2)22(4)16-24/h5-18H,1-4H3. The number of benzene rings is 5. The van der Waals surface area contributed by atoms with Crippen LogP contribution in [0.25, 0.3) is 62.6 Å². The molecule has 0 aliphatic rings. The Morgan fingerprint density at radius 1 is 0.361 bits per heavy atom. The van der Waals surface area contributed by atoms with Crippen LogP contribution in [0.3, 0.4) is 0 Å². The van der Waals surface area contributed by atoms with Crippen molar-refractivity contribution < 1.29 is 0 Å². The molecule has 0 aliphatic carbocycles. The SMILES string of the molecule is Cc1ccc(-c2cc3c(ccc4c3ccc3c5cc(-c6ccc(C)c(C)c6)sc5ccc34)s2)cc1C. The van der Waals surface area contributed by atoms with Crippen molar-refractivity contribution >= 4 is 64.4 Å². The number of hydrogen-bond acceptors (Lipinski definition) is 2. The van der Waals surface area contributed by atoms with Gasteiger partial charge >= 0.3 is 0 Å². The molecule has 0 bridgehead atoms. The molecule has 0 N–H and O–H groups in total. The molecule has 7 aromatic rings. The van der Waals surface area contributed by atoms with E-state index in [-0.39, 0.29) is 0 Å². The van der Waals surface area contributed by atoms with E-state index in [1.807, 2.05) is 22.7 Å². The van der Waals surface area contributed by atoms with Gasteiger partial charge in [0.1, 0.15) is 0 Å². The fourth-order valence-electron chi connectivity index (χ4n) is 5.34. The fourth-order valence-corrected chi connectivity index (χ4v) is 7.48. The minimum atomic E-state index is 1.31. The molecule has 0 aliphatic heterocycles. The van der Waals surface area contributed by atoms with Crippen LogP contribution in [0, 0.1) is 27.7 Å². The Labute approximate surface area is 219 Å². The van der Waals surface area contributed by atoms with E-state index >= 15 is 0 Å². The van der Waals surface area contributed by atoms with Gasteiger partial charge in [0.05, 0.1) is 0 Å². The lowest BCUT2D eigenvalue weighted by molar-refractivity contribution is 1.34. The number of aryl methyl sites for hydroxylation is 4. The molecule has 2 aromatic heterocycles. The molecule has 0 saturated heterocycles. The summed E-state index contributed by atoms with van der Waals surface area (Å²) in [6.07, 6.45) is 0. The molecule has 0 atom stereocenters. The Kier molecular flexibility index (Phi) is 4.86. The minimum absolute atomic E-state index is 1.31. The van der Waals surface area contributed by atoms with Gasteiger partial charge in [-0.15, -0.1) is 22.7 Å². The van der Waals surface area contributed by atoms with Gasteiger partial charge in [-0.3, -0.25) is 0 Å². The summed E-state index contributed by atoms with van der Waals surface area (Å²) in [6, 6.07) is 32.3. The number of rotatable bonds is 2. The van der Waals surface area contributed by atoms with Gasteiger partial charge in [-0.2, -0.15) is 0 Å². The van der Waals surface area contributed by atoms with Crippen LogP contribution in [0.4, 0.5) is 0 Å². The van der Waals surface area contributed by atoms with Crippen molar-refractivity contribution in [1.82, 2.24) is 0 Å². The zero-order chi connectivity index (χ0) is 24.6. The highest BCUT2D eigenvalue weighted by Crippen LogP contribution is 2.43. The second-order valence-corrected chi connectivity index (χ2v) is 12.2. The lowest BCUT2D eigenvalue weighted by Crippen LogP contribution is -1.81. The topological polar surface area (TPSA) is 0 Å². The lowest BCUT2D eigenvalue weighted by Gasteiger charge is -2.06. The maximum absolute atomic E-state index is 2.39. The number of fused-ring (bicyclic) bond motifs is 7. The monoisotopic (exact) mass is 498 g/mol. The Hall–Kier alpha value is -3.46. The van der Waals surface area contributed by atoms with E-state index in [0.717, 1.165) is 0 Å². The molecule has 0 fully saturated rings. The predicted molar refractivity (Wildman–Crippen MR) is 162 cm³/mol. The van der Waals surface area contributed by atoms with Gasteiger partial charge in [0.2, 0.25) is 0 Å². The van der Waals surface area contributed by atoms with E-state index in [0.29, 0.717) is 0 Å². The van der Waals surface area contributed by atoms with Crippen LogP contribution in [-0.2, 0) is 0 Å². The molecular weight excluding hydrogens is 473 g/mol. The molecular formula is C34H26S2. The predicted octanol–water partition coefficient (Wildman–Crippen LogP) is 11.0. The van der Waals surface area contributed by atoms with Crippen molar-refractivity contribution in [3.8, 4) is 20.9 Å². The van der Waals surface area contributed by atoms with Crippen molar-refractivity contribution in [1.29, 1.82) is 0 Å². The van der Waals surface area contributed by atoms with Gasteiger partial charge in [-0.05, 0) is 107 Å². The van der Waals surface area contributed by atoms with E-state index in [1.54, 1.807) is 0 Å². The maximum atomic E-state index is 2.39. The summed E-state index contributed by atoms with van der Waals surface area (Å²) in [5.41, 5.74) is 8.01. The first-order valence-corrected chi connectivity index (χ1v) is 14.1. The molecule has 0 unspecified atom stereocenters. The zero-order valence-corrected chi connectivity index (χ0v) is 22.5. The van der Waals surface area contributed by atoms with Crippen molar-refractivity contribution in [3.63, 3.8) is 0 Å².